The van der Waals surface area contributed by atoms with Gasteiger partial charge in [0.05, 0.1) is 6.04 Å². The Balaban J connectivity index is 1.71. The Morgan fingerprint density at radius 2 is 1.70 bits per heavy atom. The molecule has 0 radical (unpaired) electrons. The summed E-state index contributed by atoms with van der Waals surface area (Å²) in [5.74, 6) is 2.47. The number of rotatable bonds is 3. The lowest BCUT2D eigenvalue weighted by atomic mass is 9.76. The molecule has 0 fully saturated rings. The lowest BCUT2D eigenvalue weighted by Gasteiger charge is -2.42. The van der Waals surface area contributed by atoms with Crippen LogP contribution in [-0.4, -0.2) is 30.3 Å². The second-order valence-electron chi connectivity index (χ2n) is 7.81. The zero-order valence-corrected chi connectivity index (χ0v) is 15.6. The maximum absolute atomic E-state index is 15.1. The van der Waals surface area contributed by atoms with Gasteiger partial charge in [0, 0.05) is 18.4 Å². The molecule has 0 heterocycles. The van der Waals surface area contributed by atoms with E-state index < -0.39 is 18.4 Å². The maximum Gasteiger partial charge on any atom is 0.110 e. The van der Waals surface area contributed by atoms with Gasteiger partial charge in [-0.3, -0.25) is 4.90 Å². The highest BCUT2D eigenvalue weighted by Crippen LogP contribution is 2.42. The maximum atomic E-state index is 15.1. The summed E-state index contributed by atoms with van der Waals surface area (Å²) in [7, 11) is 1.92. The highest BCUT2D eigenvalue weighted by molar-refractivity contribution is 5.38. The van der Waals surface area contributed by atoms with E-state index in [4.69, 9.17) is 6.42 Å². The molecule has 0 aliphatic heterocycles. The standard InChI is InChI=1S/C24H25F2N/c1-3-22(24-20-11-7-4-8-16(20)12-13-21(24)26)27(2)23-15-18(25)14-17-9-5-6-10-19(17)23/h1,4-11,18,21-24H,12-15H2,2H3. The van der Waals surface area contributed by atoms with E-state index in [-0.39, 0.29) is 12.0 Å². The van der Waals surface area contributed by atoms with Crippen molar-refractivity contribution in [3.05, 3.63) is 70.8 Å². The molecule has 2 aliphatic rings. The minimum atomic E-state index is -0.983. The highest BCUT2D eigenvalue weighted by atomic mass is 19.1. The highest BCUT2D eigenvalue weighted by Gasteiger charge is 2.40. The number of hydrogen-bond acceptors (Lipinski definition) is 1. The van der Waals surface area contributed by atoms with Gasteiger partial charge in [0.2, 0.25) is 0 Å². The van der Waals surface area contributed by atoms with E-state index in [2.05, 4.69) is 18.1 Å². The van der Waals surface area contributed by atoms with Gasteiger partial charge < -0.3 is 0 Å². The van der Waals surface area contributed by atoms with Crippen LogP contribution in [0.3, 0.4) is 0 Å². The van der Waals surface area contributed by atoms with Crippen molar-refractivity contribution in [3.8, 4) is 12.3 Å². The second kappa shape index (κ2) is 7.44. The van der Waals surface area contributed by atoms with Crippen LogP contribution in [-0.2, 0) is 12.8 Å². The smallest absolute Gasteiger partial charge is 0.110 e. The monoisotopic (exact) mass is 365 g/mol. The summed E-state index contributed by atoms with van der Waals surface area (Å²) in [6.45, 7) is 0. The Morgan fingerprint density at radius 3 is 2.44 bits per heavy atom. The Labute approximate surface area is 160 Å². The minimum Gasteiger partial charge on any atom is -0.285 e. The number of benzene rings is 2. The number of aryl methyl sites for hydroxylation is 1. The van der Waals surface area contributed by atoms with Crippen molar-refractivity contribution < 1.29 is 8.78 Å². The molecule has 5 unspecified atom stereocenters. The van der Waals surface area contributed by atoms with Gasteiger partial charge in [-0.2, -0.15) is 0 Å². The van der Waals surface area contributed by atoms with E-state index in [0.717, 1.165) is 23.1 Å². The average Bonchev–Trinajstić information content (AvgIpc) is 2.69. The van der Waals surface area contributed by atoms with Crippen LogP contribution in [0.25, 0.3) is 0 Å². The topological polar surface area (TPSA) is 3.24 Å². The van der Waals surface area contributed by atoms with Crippen molar-refractivity contribution in [1.82, 2.24) is 4.90 Å². The van der Waals surface area contributed by atoms with Gasteiger partial charge >= 0.3 is 0 Å². The fourth-order valence-electron chi connectivity index (χ4n) is 4.91. The van der Waals surface area contributed by atoms with Gasteiger partial charge in [-0.1, -0.05) is 54.5 Å². The Bertz CT molecular complexity index is 855. The van der Waals surface area contributed by atoms with Crippen LogP contribution in [0.2, 0.25) is 0 Å². The van der Waals surface area contributed by atoms with Crippen molar-refractivity contribution >= 4 is 0 Å². The van der Waals surface area contributed by atoms with Gasteiger partial charge in [-0.15, -0.1) is 6.42 Å². The summed E-state index contributed by atoms with van der Waals surface area (Å²) in [4.78, 5) is 2.03. The molecule has 3 heteroatoms. The van der Waals surface area contributed by atoms with Crippen molar-refractivity contribution in [2.45, 2.75) is 56.0 Å². The number of fused-ring (bicyclic) bond motifs is 2. The molecule has 2 aliphatic carbocycles. The van der Waals surface area contributed by atoms with Gasteiger partial charge in [0.1, 0.15) is 12.3 Å². The fraction of sp³-hybridized carbons (Fsp3) is 0.417. The predicted molar refractivity (Wildman–Crippen MR) is 105 cm³/mol. The normalized spacial score (nSPS) is 28.1. The summed E-state index contributed by atoms with van der Waals surface area (Å²) >= 11 is 0. The van der Waals surface area contributed by atoms with Crippen LogP contribution >= 0.6 is 0 Å². The van der Waals surface area contributed by atoms with Crippen LogP contribution < -0.4 is 0 Å². The fourth-order valence-corrected chi connectivity index (χ4v) is 4.91. The van der Waals surface area contributed by atoms with E-state index in [0.29, 0.717) is 19.3 Å². The summed E-state index contributed by atoms with van der Waals surface area (Å²) < 4.78 is 29.5. The molecule has 0 saturated heterocycles. The molecule has 2 aromatic rings. The molecular formula is C24H25F2N. The predicted octanol–water partition coefficient (Wildman–Crippen LogP) is 5.01. The molecule has 4 rings (SSSR count). The number of halogens is 2. The first kappa shape index (κ1) is 18.2. The van der Waals surface area contributed by atoms with Crippen LogP contribution in [0.15, 0.2) is 48.5 Å². The average molecular weight is 365 g/mol. The molecule has 5 atom stereocenters. The lowest BCUT2D eigenvalue weighted by Crippen LogP contribution is -2.45. The van der Waals surface area contributed by atoms with Crippen LogP contribution in [0.1, 0.15) is 47.1 Å². The molecule has 0 N–H and O–H groups in total. The molecule has 140 valence electrons. The van der Waals surface area contributed by atoms with Crippen molar-refractivity contribution in [3.63, 3.8) is 0 Å². The zero-order chi connectivity index (χ0) is 19.0. The summed E-state index contributed by atoms with van der Waals surface area (Å²) in [6.07, 6.45) is 6.13. The molecule has 0 spiro atoms. The summed E-state index contributed by atoms with van der Waals surface area (Å²) in [5.41, 5.74) is 4.34. The minimum absolute atomic E-state index is 0.132. The van der Waals surface area contributed by atoms with Crippen LogP contribution in [0.4, 0.5) is 8.78 Å². The number of nitrogens with zero attached hydrogens (tertiary/aromatic N) is 1. The third-order valence-corrected chi connectivity index (χ3v) is 6.27. The van der Waals surface area contributed by atoms with Crippen molar-refractivity contribution in [2.75, 3.05) is 7.05 Å². The van der Waals surface area contributed by atoms with Gasteiger partial charge in [0.25, 0.3) is 0 Å². The summed E-state index contributed by atoms with van der Waals surface area (Å²) in [6, 6.07) is 15.4. The van der Waals surface area contributed by atoms with Gasteiger partial charge in [-0.25, -0.2) is 8.78 Å². The first-order chi connectivity index (χ1) is 13.1. The summed E-state index contributed by atoms with van der Waals surface area (Å²) in [5, 5.41) is 0. The first-order valence-electron chi connectivity index (χ1n) is 9.72. The molecule has 1 nitrogen and oxygen atoms in total. The molecule has 0 amide bonds. The molecule has 0 bridgehead atoms. The number of likely N-dealkylation sites (N-methyl/N-ethyl adjacent to an activating group) is 1. The van der Waals surface area contributed by atoms with E-state index in [1.807, 2.05) is 48.3 Å². The van der Waals surface area contributed by atoms with E-state index in [1.54, 1.807) is 0 Å². The first-order valence-corrected chi connectivity index (χ1v) is 9.72. The number of alkyl halides is 2. The largest absolute Gasteiger partial charge is 0.285 e. The Hall–Kier alpha value is -2.18. The van der Waals surface area contributed by atoms with E-state index >= 15 is 4.39 Å². The molecule has 2 aromatic carbocycles. The Kier molecular flexibility index (Phi) is 5.02. The van der Waals surface area contributed by atoms with Crippen LogP contribution in [0, 0.1) is 12.3 Å². The SMILES string of the molecule is C#CC(C1c2ccccc2CCC1F)N(C)C1CC(F)Cc2ccccc21. The Morgan fingerprint density at radius 1 is 1.04 bits per heavy atom. The zero-order valence-electron chi connectivity index (χ0n) is 15.6. The molecule has 0 saturated carbocycles. The molecule has 27 heavy (non-hydrogen) atoms. The number of terminal acetylenes is 1. The third-order valence-electron chi connectivity index (χ3n) is 6.27. The quantitative estimate of drug-likeness (QED) is 0.691. The van der Waals surface area contributed by atoms with Crippen molar-refractivity contribution in [2.24, 2.45) is 0 Å². The van der Waals surface area contributed by atoms with E-state index in [9.17, 15) is 4.39 Å². The lowest BCUT2D eigenvalue weighted by molar-refractivity contribution is 0.105. The van der Waals surface area contributed by atoms with E-state index in [1.165, 1.54) is 5.56 Å². The molecule has 0 aromatic heterocycles. The second-order valence-corrected chi connectivity index (χ2v) is 7.81. The third kappa shape index (κ3) is 3.28. The van der Waals surface area contributed by atoms with Gasteiger partial charge in [0.15, 0.2) is 0 Å². The number of hydrogen-bond donors (Lipinski definition) is 0. The van der Waals surface area contributed by atoms with Crippen LogP contribution in [0.5, 0.6) is 0 Å². The van der Waals surface area contributed by atoms with Crippen molar-refractivity contribution in [1.29, 1.82) is 0 Å². The molecular weight excluding hydrogens is 340 g/mol. The van der Waals surface area contributed by atoms with Gasteiger partial charge in [-0.05, 0) is 48.6 Å².